The maximum absolute atomic E-state index is 12.3. The summed E-state index contributed by atoms with van der Waals surface area (Å²) in [5.41, 5.74) is 0.532. The molecule has 0 bridgehead atoms. The van der Waals surface area contributed by atoms with Gasteiger partial charge in [-0.1, -0.05) is 12.1 Å². The molecule has 1 aliphatic rings. The van der Waals surface area contributed by atoms with Gasteiger partial charge in [-0.05, 0) is 29.9 Å². The topological polar surface area (TPSA) is 111 Å². The third kappa shape index (κ3) is 2.51. The van der Waals surface area contributed by atoms with Crippen LogP contribution in [0.1, 0.15) is 17.0 Å². The summed E-state index contributed by atoms with van der Waals surface area (Å²) >= 11 is 4.93. The molecule has 0 unspecified atom stereocenters. The Hall–Kier alpha value is -2.92. The van der Waals surface area contributed by atoms with E-state index in [2.05, 4.69) is 15.3 Å². The number of aromatic amines is 2. The summed E-state index contributed by atoms with van der Waals surface area (Å²) in [6.45, 7) is 0. The SMILES string of the molecule is COc1ccc([C@@H]2c3c([nH]c(=S)[nH]c3=O)NC(=O)[C@H]2C#N)cc1. The van der Waals surface area contributed by atoms with Crippen molar-refractivity contribution in [2.75, 3.05) is 12.4 Å². The van der Waals surface area contributed by atoms with Crippen LogP contribution >= 0.6 is 12.2 Å². The quantitative estimate of drug-likeness (QED) is 0.726. The van der Waals surface area contributed by atoms with Crippen LogP contribution in [0.25, 0.3) is 0 Å². The Bertz CT molecular complexity index is 923. The first-order valence-corrected chi connectivity index (χ1v) is 7.17. The molecule has 23 heavy (non-hydrogen) atoms. The van der Waals surface area contributed by atoms with Crippen LogP contribution in [0.2, 0.25) is 0 Å². The Labute approximate surface area is 135 Å². The van der Waals surface area contributed by atoms with E-state index in [0.29, 0.717) is 11.3 Å². The molecule has 0 saturated carbocycles. The number of amides is 1. The number of nitrogens with one attached hydrogen (secondary N) is 3. The van der Waals surface area contributed by atoms with E-state index in [4.69, 9.17) is 17.0 Å². The lowest BCUT2D eigenvalue weighted by Gasteiger charge is -2.28. The van der Waals surface area contributed by atoms with Gasteiger partial charge in [0.1, 0.15) is 17.5 Å². The number of fused-ring (bicyclic) bond motifs is 1. The van der Waals surface area contributed by atoms with Gasteiger partial charge in [0, 0.05) is 5.92 Å². The fourth-order valence-electron chi connectivity index (χ4n) is 2.71. The molecule has 3 N–H and O–H groups in total. The van der Waals surface area contributed by atoms with Gasteiger partial charge in [0.2, 0.25) is 5.91 Å². The summed E-state index contributed by atoms with van der Waals surface area (Å²) in [5.74, 6) is -1.30. The number of aromatic nitrogens is 2. The number of nitriles is 1. The van der Waals surface area contributed by atoms with Crippen LogP contribution in [0.5, 0.6) is 5.75 Å². The first-order valence-electron chi connectivity index (χ1n) is 6.76. The molecule has 3 rings (SSSR count). The van der Waals surface area contributed by atoms with Crippen LogP contribution in [-0.2, 0) is 4.79 Å². The fraction of sp³-hybridized carbons (Fsp3) is 0.200. The van der Waals surface area contributed by atoms with E-state index in [1.54, 1.807) is 31.4 Å². The van der Waals surface area contributed by atoms with Gasteiger partial charge < -0.3 is 15.0 Å². The summed E-state index contributed by atoms with van der Waals surface area (Å²) in [6.07, 6.45) is 0. The number of anilines is 1. The second-order valence-corrected chi connectivity index (χ2v) is 5.45. The van der Waals surface area contributed by atoms with Gasteiger partial charge in [-0.15, -0.1) is 0 Å². The van der Waals surface area contributed by atoms with E-state index >= 15 is 0 Å². The third-order valence-corrected chi connectivity index (χ3v) is 3.97. The van der Waals surface area contributed by atoms with Crippen LogP contribution in [0.4, 0.5) is 5.82 Å². The highest BCUT2D eigenvalue weighted by Gasteiger charge is 2.39. The Morgan fingerprint density at radius 2 is 1.91 bits per heavy atom. The molecule has 0 fully saturated rings. The Balaban J connectivity index is 2.24. The van der Waals surface area contributed by atoms with Crippen molar-refractivity contribution in [3.8, 4) is 11.8 Å². The Morgan fingerprint density at radius 1 is 1.22 bits per heavy atom. The number of hydrogen-bond acceptors (Lipinski definition) is 5. The second-order valence-electron chi connectivity index (χ2n) is 5.04. The molecule has 1 aromatic carbocycles. The minimum absolute atomic E-state index is 0.109. The number of benzene rings is 1. The molecule has 7 nitrogen and oxygen atoms in total. The van der Waals surface area contributed by atoms with Crippen molar-refractivity contribution in [2.45, 2.75) is 5.92 Å². The molecule has 2 atom stereocenters. The second kappa shape index (κ2) is 5.70. The van der Waals surface area contributed by atoms with E-state index in [1.807, 2.05) is 6.07 Å². The van der Waals surface area contributed by atoms with Crippen LogP contribution < -0.4 is 15.6 Å². The van der Waals surface area contributed by atoms with Gasteiger partial charge in [-0.3, -0.25) is 14.6 Å². The van der Waals surface area contributed by atoms with E-state index in [0.717, 1.165) is 0 Å². The summed E-state index contributed by atoms with van der Waals surface area (Å²) in [7, 11) is 1.54. The van der Waals surface area contributed by atoms with Gasteiger partial charge in [0.25, 0.3) is 5.56 Å². The van der Waals surface area contributed by atoms with Crippen molar-refractivity contribution in [3.05, 3.63) is 50.5 Å². The average Bonchev–Trinajstić information content (AvgIpc) is 2.53. The highest BCUT2D eigenvalue weighted by Crippen LogP contribution is 2.37. The van der Waals surface area contributed by atoms with Gasteiger partial charge in [0.05, 0.1) is 18.7 Å². The molecule has 0 aliphatic carbocycles. The predicted octanol–water partition coefficient (Wildman–Crippen LogP) is 1.66. The molecule has 1 aromatic heterocycles. The predicted molar refractivity (Wildman–Crippen MR) is 84.8 cm³/mol. The molecule has 0 spiro atoms. The van der Waals surface area contributed by atoms with Gasteiger partial charge in [0.15, 0.2) is 4.77 Å². The summed E-state index contributed by atoms with van der Waals surface area (Å²) in [5, 5.41) is 11.9. The molecular formula is C15H12N4O3S. The van der Waals surface area contributed by atoms with Crippen LogP contribution in [-0.4, -0.2) is 23.0 Å². The number of H-pyrrole nitrogens is 2. The number of methoxy groups -OCH3 is 1. The largest absolute Gasteiger partial charge is 0.497 e. The van der Waals surface area contributed by atoms with E-state index < -0.39 is 23.3 Å². The molecule has 8 heteroatoms. The first kappa shape index (κ1) is 15.0. The lowest BCUT2D eigenvalue weighted by Crippen LogP contribution is -2.38. The van der Waals surface area contributed by atoms with Gasteiger partial charge in [-0.25, -0.2) is 0 Å². The number of carbonyl (C=O) groups excluding carboxylic acids is 1. The minimum atomic E-state index is -1.01. The molecule has 1 amide bonds. The van der Waals surface area contributed by atoms with Crippen LogP contribution in [0.3, 0.4) is 0 Å². The summed E-state index contributed by atoms with van der Waals surface area (Å²) < 4.78 is 5.22. The molecular weight excluding hydrogens is 316 g/mol. The number of carbonyl (C=O) groups is 1. The summed E-state index contributed by atoms with van der Waals surface area (Å²) in [6, 6.07) is 8.88. The maximum Gasteiger partial charge on any atom is 0.257 e. The fourth-order valence-corrected chi connectivity index (χ4v) is 2.91. The molecule has 2 heterocycles. The van der Waals surface area contributed by atoms with Gasteiger partial charge >= 0.3 is 0 Å². The lowest BCUT2D eigenvalue weighted by molar-refractivity contribution is -0.119. The zero-order valence-corrected chi connectivity index (χ0v) is 12.9. The Morgan fingerprint density at radius 3 is 2.52 bits per heavy atom. The lowest BCUT2D eigenvalue weighted by atomic mass is 9.79. The van der Waals surface area contributed by atoms with Crippen molar-refractivity contribution in [3.63, 3.8) is 0 Å². The van der Waals surface area contributed by atoms with Crippen molar-refractivity contribution < 1.29 is 9.53 Å². The maximum atomic E-state index is 12.3. The van der Waals surface area contributed by atoms with E-state index in [-0.39, 0.29) is 16.2 Å². The van der Waals surface area contributed by atoms with E-state index in [1.165, 1.54) is 0 Å². The van der Waals surface area contributed by atoms with Crippen molar-refractivity contribution in [2.24, 2.45) is 5.92 Å². The number of ether oxygens (including phenoxy) is 1. The monoisotopic (exact) mass is 328 g/mol. The van der Waals surface area contributed by atoms with Crippen molar-refractivity contribution in [1.29, 1.82) is 5.26 Å². The minimum Gasteiger partial charge on any atom is -0.497 e. The van der Waals surface area contributed by atoms with E-state index in [9.17, 15) is 14.9 Å². The number of nitrogens with zero attached hydrogens (tertiary/aromatic N) is 1. The smallest absolute Gasteiger partial charge is 0.257 e. The summed E-state index contributed by atoms with van der Waals surface area (Å²) in [4.78, 5) is 29.8. The zero-order valence-electron chi connectivity index (χ0n) is 12.0. The molecule has 0 saturated heterocycles. The first-order chi connectivity index (χ1) is 11.0. The van der Waals surface area contributed by atoms with Crippen LogP contribution in [0, 0.1) is 22.0 Å². The van der Waals surface area contributed by atoms with Crippen molar-refractivity contribution >= 4 is 23.9 Å². The van der Waals surface area contributed by atoms with Gasteiger partial charge in [-0.2, -0.15) is 5.26 Å². The number of hydrogen-bond donors (Lipinski definition) is 3. The van der Waals surface area contributed by atoms with Crippen molar-refractivity contribution in [1.82, 2.24) is 9.97 Å². The Kier molecular flexibility index (Phi) is 3.72. The molecule has 1 aliphatic heterocycles. The average molecular weight is 328 g/mol. The normalized spacial score (nSPS) is 19.4. The molecule has 2 aromatic rings. The highest BCUT2D eigenvalue weighted by atomic mass is 32.1. The third-order valence-electron chi connectivity index (χ3n) is 3.77. The zero-order chi connectivity index (χ0) is 16.6. The molecule has 0 radical (unpaired) electrons. The highest BCUT2D eigenvalue weighted by molar-refractivity contribution is 7.71. The standard InChI is InChI=1S/C15H12N4O3S/c1-22-8-4-2-7(3-5-8)10-9(6-16)13(20)17-12-11(10)14(21)19-15(23)18-12/h2-5,9-10H,1H3,(H3,17,18,19,20,21,23)/t9-,10-/m0/s1. The van der Waals surface area contributed by atoms with Crippen LogP contribution in [0.15, 0.2) is 29.1 Å². The number of rotatable bonds is 2. The molecule has 116 valence electrons.